The van der Waals surface area contributed by atoms with E-state index in [9.17, 15) is 40.9 Å². The van der Waals surface area contributed by atoms with E-state index in [1.807, 2.05) is 0 Å². The van der Waals surface area contributed by atoms with Crippen molar-refractivity contribution in [3.63, 3.8) is 0 Å². The predicted octanol–water partition coefficient (Wildman–Crippen LogP) is -0.242. The van der Waals surface area contributed by atoms with Crippen molar-refractivity contribution in [3.05, 3.63) is 47.2 Å². The minimum atomic E-state index is -1.85. The number of aliphatic hydroxyl groups is 4. The largest absolute Gasteiger partial charge is 0.508 e. The van der Waals surface area contributed by atoms with Crippen molar-refractivity contribution in [1.29, 1.82) is 0 Å². The van der Waals surface area contributed by atoms with Crippen LogP contribution in [0.5, 0.6) is 28.7 Å². The first-order valence-electron chi connectivity index (χ1n) is 9.16. The van der Waals surface area contributed by atoms with Crippen LogP contribution in [-0.2, 0) is 9.47 Å². The van der Waals surface area contributed by atoms with Crippen LogP contribution in [-0.4, -0.2) is 71.7 Å². The highest BCUT2D eigenvalue weighted by atomic mass is 16.7. The van der Waals surface area contributed by atoms with Gasteiger partial charge in [0.25, 0.3) is 0 Å². The molecule has 0 amide bonds. The molecule has 1 fully saturated rings. The summed E-state index contributed by atoms with van der Waals surface area (Å²) >= 11 is 0. The number of phenolic OH excluding ortho intramolecular Hbond substituents is 4. The lowest BCUT2D eigenvalue weighted by molar-refractivity contribution is -0.333. The van der Waals surface area contributed by atoms with Crippen LogP contribution in [0.3, 0.4) is 0 Å². The first kappa shape index (κ1) is 21.0. The fourth-order valence-corrected chi connectivity index (χ4v) is 3.34. The van der Waals surface area contributed by atoms with E-state index in [1.165, 1.54) is 30.3 Å². The molecule has 8 N–H and O–H groups in total. The number of benzene rings is 2. The molecule has 2 aromatic carbocycles. The molecule has 6 atom stereocenters. The van der Waals surface area contributed by atoms with Crippen molar-refractivity contribution in [2.45, 2.75) is 37.0 Å². The van der Waals surface area contributed by atoms with Gasteiger partial charge in [-0.15, -0.1) is 0 Å². The molecule has 2 aliphatic heterocycles. The fraction of sp³-hybridized carbons (Fsp3) is 0.300. The molecule has 0 spiro atoms. The van der Waals surface area contributed by atoms with Crippen molar-refractivity contribution in [2.75, 3.05) is 0 Å². The number of hydrogen-bond acceptors (Lipinski definition) is 11. The van der Waals surface area contributed by atoms with E-state index in [-0.39, 0.29) is 39.9 Å². The molecule has 2 aromatic rings. The lowest BCUT2D eigenvalue weighted by Gasteiger charge is -2.39. The predicted molar refractivity (Wildman–Crippen MR) is 101 cm³/mol. The number of phenols is 4. The lowest BCUT2D eigenvalue weighted by atomic mass is 10.00. The first-order chi connectivity index (χ1) is 14.7. The summed E-state index contributed by atoms with van der Waals surface area (Å²) in [5.41, 5.74) is 0.403. The summed E-state index contributed by atoms with van der Waals surface area (Å²) in [6, 6.07) is 6.12. The normalized spacial score (nSPS) is 30.1. The van der Waals surface area contributed by atoms with Crippen LogP contribution in [0, 0.1) is 0 Å². The van der Waals surface area contributed by atoms with E-state index in [2.05, 4.69) is 0 Å². The number of fused-ring (bicyclic) bond motifs is 1. The second-order valence-electron chi connectivity index (χ2n) is 7.15. The Balaban J connectivity index is 1.74. The average Bonchev–Trinajstić information content (AvgIpc) is 2.72. The van der Waals surface area contributed by atoms with Crippen molar-refractivity contribution < 1.29 is 55.1 Å². The maximum absolute atomic E-state index is 10.2. The Morgan fingerprint density at radius 1 is 0.774 bits per heavy atom. The number of rotatable bonds is 3. The highest BCUT2D eigenvalue weighted by Gasteiger charge is 2.45. The zero-order valence-electron chi connectivity index (χ0n) is 15.7. The average molecular weight is 436 g/mol. The molecule has 0 aliphatic carbocycles. The molecular formula is C20H20O11. The summed E-state index contributed by atoms with van der Waals surface area (Å²) in [5.74, 6) is -1.45. The number of aliphatic hydroxyl groups excluding tert-OH is 4. The summed E-state index contributed by atoms with van der Waals surface area (Å²) in [7, 11) is 0. The monoisotopic (exact) mass is 436 g/mol. The standard InChI is InChI=1S/C20H20O11/c21-8-4-11(23)9-6-14(30-20-17(27)15(25)16(26)19(28)31-20)18(29-13(9)5-8)7-1-2-10(22)12(24)3-7/h1-6,15-28H. The summed E-state index contributed by atoms with van der Waals surface area (Å²) in [6.07, 6.45) is -8.54. The molecule has 0 bridgehead atoms. The smallest absolute Gasteiger partial charge is 0.230 e. The van der Waals surface area contributed by atoms with Crippen LogP contribution in [0.2, 0.25) is 0 Å². The van der Waals surface area contributed by atoms with Gasteiger partial charge in [0.1, 0.15) is 41.3 Å². The van der Waals surface area contributed by atoms with E-state index < -0.39 is 42.7 Å². The quantitative estimate of drug-likeness (QED) is 0.296. The van der Waals surface area contributed by atoms with Crippen molar-refractivity contribution in [1.82, 2.24) is 0 Å². The third-order valence-electron chi connectivity index (χ3n) is 4.99. The van der Waals surface area contributed by atoms with Gasteiger partial charge in [-0.1, -0.05) is 6.07 Å². The zero-order valence-corrected chi connectivity index (χ0v) is 15.7. The Morgan fingerprint density at radius 2 is 1.52 bits per heavy atom. The van der Waals surface area contributed by atoms with Gasteiger partial charge in [0.15, 0.2) is 23.9 Å². The molecule has 11 nitrogen and oxygen atoms in total. The molecule has 6 unspecified atom stereocenters. The minimum absolute atomic E-state index is 0.0709. The Morgan fingerprint density at radius 3 is 2.23 bits per heavy atom. The van der Waals surface area contributed by atoms with E-state index >= 15 is 0 Å². The number of hydrogen-bond donors (Lipinski definition) is 8. The summed E-state index contributed by atoms with van der Waals surface area (Å²) in [4.78, 5) is 0. The van der Waals surface area contributed by atoms with Gasteiger partial charge in [0.2, 0.25) is 6.29 Å². The Hall–Kier alpha value is -3.22. The molecule has 2 aliphatic rings. The highest BCUT2D eigenvalue weighted by molar-refractivity contribution is 5.69. The topological polar surface area (TPSA) is 190 Å². The number of ether oxygens (including phenoxy) is 3. The van der Waals surface area contributed by atoms with E-state index in [4.69, 9.17) is 14.2 Å². The fourth-order valence-electron chi connectivity index (χ4n) is 3.34. The Labute approximate surface area is 174 Å². The van der Waals surface area contributed by atoms with Crippen molar-refractivity contribution in [2.24, 2.45) is 0 Å². The maximum atomic E-state index is 10.2. The van der Waals surface area contributed by atoms with Gasteiger partial charge in [-0.3, -0.25) is 0 Å². The zero-order chi connectivity index (χ0) is 22.4. The lowest BCUT2D eigenvalue weighted by Crippen LogP contribution is -2.58. The molecule has 0 saturated carbocycles. The van der Waals surface area contributed by atoms with Gasteiger partial charge >= 0.3 is 0 Å². The van der Waals surface area contributed by atoms with Crippen LogP contribution < -0.4 is 4.74 Å². The SMILES string of the molecule is Oc1cc(O)c2c(c1)OC(c1ccc(O)c(O)c1)C(OC1OC(O)C(O)C(O)C1O)=C2. The second-order valence-corrected chi connectivity index (χ2v) is 7.15. The van der Waals surface area contributed by atoms with E-state index in [0.717, 1.165) is 6.07 Å². The highest BCUT2D eigenvalue weighted by Crippen LogP contribution is 2.45. The van der Waals surface area contributed by atoms with Crippen molar-refractivity contribution >= 4 is 6.08 Å². The van der Waals surface area contributed by atoms with Gasteiger partial charge in [0, 0.05) is 17.7 Å². The van der Waals surface area contributed by atoms with Gasteiger partial charge < -0.3 is 55.1 Å². The summed E-state index contributed by atoms with van der Waals surface area (Å²) < 4.78 is 16.5. The Bertz CT molecular complexity index is 1020. The first-order valence-corrected chi connectivity index (χ1v) is 9.16. The van der Waals surface area contributed by atoms with E-state index in [0.29, 0.717) is 0 Å². The molecule has 1 saturated heterocycles. The third-order valence-corrected chi connectivity index (χ3v) is 4.99. The van der Waals surface area contributed by atoms with E-state index in [1.54, 1.807) is 0 Å². The molecule has 166 valence electrons. The maximum Gasteiger partial charge on any atom is 0.230 e. The van der Waals surface area contributed by atoms with Gasteiger partial charge in [-0.25, -0.2) is 0 Å². The van der Waals surface area contributed by atoms with Crippen LogP contribution in [0.4, 0.5) is 0 Å². The summed E-state index contributed by atoms with van der Waals surface area (Å²) in [5, 5.41) is 78.8. The van der Waals surface area contributed by atoms with Crippen LogP contribution >= 0.6 is 0 Å². The van der Waals surface area contributed by atoms with Gasteiger partial charge in [0.05, 0.1) is 5.56 Å². The van der Waals surface area contributed by atoms with Gasteiger partial charge in [-0.05, 0) is 18.2 Å². The van der Waals surface area contributed by atoms with Crippen LogP contribution in [0.15, 0.2) is 36.1 Å². The molecular weight excluding hydrogens is 416 g/mol. The number of aromatic hydroxyl groups is 4. The molecule has 2 heterocycles. The van der Waals surface area contributed by atoms with Crippen LogP contribution in [0.25, 0.3) is 6.08 Å². The minimum Gasteiger partial charge on any atom is -0.508 e. The molecule has 11 heteroatoms. The van der Waals surface area contributed by atoms with Crippen molar-refractivity contribution in [3.8, 4) is 28.7 Å². The molecule has 0 aromatic heterocycles. The summed E-state index contributed by atoms with van der Waals surface area (Å²) in [6.45, 7) is 0. The third kappa shape index (κ3) is 3.80. The molecule has 4 rings (SSSR count). The van der Waals surface area contributed by atoms with Crippen LogP contribution in [0.1, 0.15) is 17.2 Å². The molecule has 31 heavy (non-hydrogen) atoms. The van der Waals surface area contributed by atoms with Gasteiger partial charge in [-0.2, -0.15) is 0 Å². The second kappa shape index (κ2) is 7.80. The Kier molecular flexibility index (Phi) is 5.29. The molecule has 0 radical (unpaired) electrons.